The van der Waals surface area contributed by atoms with Crippen LogP contribution in [-0.4, -0.2) is 31.5 Å². The molecular weight excluding hydrogens is 278 g/mol. The fourth-order valence-corrected chi connectivity index (χ4v) is 1.38. The van der Waals surface area contributed by atoms with Crippen LogP contribution in [0.3, 0.4) is 0 Å². The van der Waals surface area contributed by atoms with E-state index in [1.165, 1.54) is 0 Å². The molecule has 0 saturated carbocycles. The van der Waals surface area contributed by atoms with Crippen LogP contribution in [0.4, 0.5) is 14.5 Å². The van der Waals surface area contributed by atoms with Gasteiger partial charge < -0.3 is 5.32 Å². The van der Waals surface area contributed by atoms with E-state index in [0.29, 0.717) is 12.1 Å². The predicted octanol–water partition coefficient (Wildman–Crippen LogP) is 0.316. The number of nitrogens with zero attached hydrogens (tertiary/aromatic N) is 4. The first-order valence-corrected chi connectivity index (χ1v) is 5.13. The van der Waals surface area contributed by atoms with Gasteiger partial charge in [-0.3, -0.25) is 14.9 Å². The van der Waals surface area contributed by atoms with Crippen molar-refractivity contribution in [3.05, 3.63) is 45.3 Å². The Balaban J connectivity index is 2.24. The van der Waals surface area contributed by atoms with Crippen LogP contribution in [-0.2, 0) is 6.54 Å². The van der Waals surface area contributed by atoms with Crippen molar-refractivity contribution in [1.29, 1.82) is 0 Å². The Kier molecular flexibility index (Phi) is 3.59. The van der Waals surface area contributed by atoms with Crippen molar-refractivity contribution in [1.82, 2.24) is 25.9 Å². The van der Waals surface area contributed by atoms with Gasteiger partial charge in [-0.1, -0.05) is 5.21 Å². The number of hydrogen-bond donors (Lipinski definition) is 2. The molecule has 0 unspecified atom stereocenters. The Morgan fingerprint density at radius 3 is 2.70 bits per heavy atom. The molecule has 1 aromatic heterocycles. The molecule has 0 aliphatic carbocycles. The van der Waals surface area contributed by atoms with E-state index in [1.54, 1.807) is 0 Å². The molecule has 0 radical (unpaired) electrons. The number of H-pyrrole nitrogens is 1. The minimum absolute atomic E-state index is 0.128. The number of carbonyl (C=O) groups is 1. The van der Waals surface area contributed by atoms with Crippen molar-refractivity contribution in [3.8, 4) is 0 Å². The Bertz CT molecular complexity index is 660. The Morgan fingerprint density at radius 2 is 2.10 bits per heavy atom. The summed E-state index contributed by atoms with van der Waals surface area (Å²) >= 11 is 0. The van der Waals surface area contributed by atoms with Crippen LogP contribution in [0, 0.1) is 21.7 Å². The number of aromatic nitrogens is 4. The average molecular weight is 284 g/mol. The first-order chi connectivity index (χ1) is 9.49. The van der Waals surface area contributed by atoms with Crippen molar-refractivity contribution < 1.29 is 18.5 Å². The molecule has 1 amide bonds. The van der Waals surface area contributed by atoms with Crippen LogP contribution < -0.4 is 5.32 Å². The lowest BCUT2D eigenvalue weighted by Crippen LogP contribution is -2.24. The van der Waals surface area contributed by atoms with E-state index in [-0.39, 0.29) is 12.4 Å². The molecule has 0 spiro atoms. The molecule has 104 valence electrons. The number of nitro benzene ring substituents is 1. The molecular formula is C9H6F2N6O3. The lowest BCUT2D eigenvalue weighted by molar-refractivity contribution is -0.385. The molecule has 1 heterocycles. The number of benzene rings is 1. The Hall–Kier alpha value is -2.98. The fourth-order valence-electron chi connectivity index (χ4n) is 1.38. The summed E-state index contributed by atoms with van der Waals surface area (Å²) in [6, 6.07) is 0.803. The molecule has 1 aromatic carbocycles. The number of nitro groups is 1. The number of amides is 1. The number of tetrazole rings is 1. The van der Waals surface area contributed by atoms with Gasteiger partial charge in [0.2, 0.25) is 0 Å². The molecule has 0 atom stereocenters. The van der Waals surface area contributed by atoms with Crippen molar-refractivity contribution in [2.75, 3.05) is 0 Å². The predicted molar refractivity (Wildman–Crippen MR) is 58.4 cm³/mol. The van der Waals surface area contributed by atoms with Gasteiger partial charge in [0.1, 0.15) is 5.56 Å². The smallest absolute Gasteiger partial charge is 0.285 e. The second-order valence-corrected chi connectivity index (χ2v) is 3.55. The van der Waals surface area contributed by atoms with Crippen molar-refractivity contribution >= 4 is 11.6 Å². The third-order valence-electron chi connectivity index (χ3n) is 2.28. The maximum atomic E-state index is 13.1. The molecule has 2 aromatic rings. The number of carbonyl (C=O) groups excluding carboxylic acids is 1. The van der Waals surface area contributed by atoms with E-state index in [4.69, 9.17) is 0 Å². The van der Waals surface area contributed by atoms with Gasteiger partial charge >= 0.3 is 0 Å². The van der Waals surface area contributed by atoms with Crippen LogP contribution >= 0.6 is 0 Å². The summed E-state index contributed by atoms with van der Waals surface area (Å²) in [5.41, 5.74) is -1.44. The summed E-state index contributed by atoms with van der Waals surface area (Å²) in [6.45, 7) is -0.175. The van der Waals surface area contributed by atoms with E-state index < -0.39 is 33.7 Å². The number of rotatable bonds is 4. The highest BCUT2D eigenvalue weighted by atomic mass is 19.2. The maximum absolute atomic E-state index is 13.1. The fraction of sp³-hybridized carbons (Fsp3) is 0.111. The number of halogens is 2. The van der Waals surface area contributed by atoms with E-state index in [1.807, 2.05) is 0 Å². The second-order valence-electron chi connectivity index (χ2n) is 3.55. The molecule has 9 nitrogen and oxygen atoms in total. The van der Waals surface area contributed by atoms with Gasteiger partial charge in [-0.2, -0.15) is 5.21 Å². The molecule has 0 aliphatic heterocycles. The zero-order chi connectivity index (χ0) is 14.7. The van der Waals surface area contributed by atoms with E-state index in [0.717, 1.165) is 0 Å². The lowest BCUT2D eigenvalue weighted by Gasteiger charge is -2.04. The SMILES string of the molecule is O=C(NCc1nn[nH]n1)c1cc(F)c(F)cc1[N+](=O)[O-]. The van der Waals surface area contributed by atoms with Gasteiger partial charge in [0.15, 0.2) is 17.5 Å². The quantitative estimate of drug-likeness (QED) is 0.614. The molecule has 20 heavy (non-hydrogen) atoms. The number of nitrogens with one attached hydrogen (secondary N) is 2. The van der Waals surface area contributed by atoms with Gasteiger partial charge in [-0.25, -0.2) is 8.78 Å². The molecule has 11 heteroatoms. The average Bonchev–Trinajstić information content (AvgIpc) is 2.91. The maximum Gasteiger partial charge on any atom is 0.285 e. The summed E-state index contributed by atoms with van der Waals surface area (Å²) < 4.78 is 26.0. The van der Waals surface area contributed by atoms with E-state index >= 15 is 0 Å². The Labute approximate surface area is 109 Å². The molecule has 0 bridgehead atoms. The van der Waals surface area contributed by atoms with Crippen molar-refractivity contribution in [3.63, 3.8) is 0 Å². The largest absolute Gasteiger partial charge is 0.344 e. The van der Waals surface area contributed by atoms with Gasteiger partial charge in [-0.05, 0) is 6.07 Å². The van der Waals surface area contributed by atoms with Gasteiger partial charge in [0, 0.05) is 0 Å². The molecule has 2 N–H and O–H groups in total. The molecule has 0 saturated heterocycles. The standard InChI is InChI=1S/C9H6F2N6O3/c10-5-1-4(7(17(19)20)2-6(5)11)9(18)12-3-8-13-15-16-14-8/h1-2H,3H2,(H,12,18)(H,13,14,15,16). The van der Waals surface area contributed by atoms with Crippen LogP contribution in [0.25, 0.3) is 0 Å². The van der Waals surface area contributed by atoms with Gasteiger partial charge in [-0.15, -0.1) is 10.2 Å². The van der Waals surface area contributed by atoms with E-state index in [9.17, 15) is 23.7 Å². The first-order valence-electron chi connectivity index (χ1n) is 5.13. The highest BCUT2D eigenvalue weighted by Gasteiger charge is 2.23. The summed E-state index contributed by atoms with van der Waals surface area (Å²) in [6.07, 6.45) is 0. The summed E-state index contributed by atoms with van der Waals surface area (Å²) in [7, 11) is 0. The first kappa shape index (κ1) is 13.5. The number of aromatic amines is 1. The molecule has 0 fully saturated rings. The normalized spacial score (nSPS) is 10.3. The lowest BCUT2D eigenvalue weighted by atomic mass is 10.1. The minimum atomic E-state index is -1.41. The minimum Gasteiger partial charge on any atom is -0.344 e. The Morgan fingerprint density at radius 1 is 1.40 bits per heavy atom. The summed E-state index contributed by atoms with van der Waals surface area (Å²) in [5.74, 6) is -3.60. The van der Waals surface area contributed by atoms with Crippen molar-refractivity contribution in [2.24, 2.45) is 0 Å². The van der Waals surface area contributed by atoms with Crippen LogP contribution in [0.1, 0.15) is 16.2 Å². The highest BCUT2D eigenvalue weighted by molar-refractivity contribution is 5.98. The van der Waals surface area contributed by atoms with Crippen LogP contribution in [0.5, 0.6) is 0 Å². The zero-order valence-corrected chi connectivity index (χ0v) is 9.63. The van der Waals surface area contributed by atoms with E-state index in [2.05, 4.69) is 25.9 Å². The topological polar surface area (TPSA) is 127 Å². The third-order valence-corrected chi connectivity index (χ3v) is 2.28. The van der Waals surface area contributed by atoms with Gasteiger partial charge in [0.05, 0.1) is 17.5 Å². The van der Waals surface area contributed by atoms with Crippen molar-refractivity contribution in [2.45, 2.75) is 6.54 Å². The van der Waals surface area contributed by atoms with Crippen LogP contribution in [0.2, 0.25) is 0 Å². The molecule has 0 aliphatic rings. The molecule has 2 rings (SSSR count). The van der Waals surface area contributed by atoms with Crippen LogP contribution in [0.15, 0.2) is 12.1 Å². The second kappa shape index (κ2) is 5.34. The number of hydrogen-bond acceptors (Lipinski definition) is 6. The third kappa shape index (κ3) is 2.71. The monoisotopic (exact) mass is 284 g/mol. The zero-order valence-electron chi connectivity index (χ0n) is 9.63. The summed E-state index contributed by atoms with van der Waals surface area (Å²) in [4.78, 5) is 21.5. The highest BCUT2D eigenvalue weighted by Crippen LogP contribution is 2.22. The van der Waals surface area contributed by atoms with Gasteiger partial charge in [0.25, 0.3) is 11.6 Å². The summed E-state index contributed by atoms with van der Waals surface area (Å²) in [5, 5.41) is 25.4.